The maximum absolute atomic E-state index is 12.5. The number of aryl methyl sites for hydroxylation is 1. The van der Waals surface area contributed by atoms with Crippen molar-refractivity contribution in [2.24, 2.45) is 0 Å². The lowest BCUT2D eigenvalue weighted by Crippen LogP contribution is -2.41. The number of benzene rings is 1. The molecule has 1 aliphatic rings. The zero-order chi connectivity index (χ0) is 14.5. The zero-order valence-corrected chi connectivity index (χ0v) is 12.1. The third kappa shape index (κ3) is 3.20. The highest BCUT2D eigenvalue weighted by Crippen LogP contribution is 2.25. The fourth-order valence-electron chi connectivity index (χ4n) is 2.28. The molecule has 0 spiro atoms. The SMILES string of the molecule is Cc1ccc(C#CCCO)cc1C(=O)N(C)C1CCC1. The first-order chi connectivity index (χ1) is 9.63. The summed E-state index contributed by atoms with van der Waals surface area (Å²) in [7, 11) is 1.88. The number of hydrogen-bond acceptors (Lipinski definition) is 2. The molecule has 0 radical (unpaired) electrons. The lowest BCUT2D eigenvalue weighted by atomic mass is 9.91. The van der Waals surface area contributed by atoms with Gasteiger partial charge in [0.25, 0.3) is 5.91 Å². The number of nitrogens with zero attached hydrogens (tertiary/aromatic N) is 1. The van der Waals surface area contributed by atoms with E-state index in [1.165, 1.54) is 6.42 Å². The summed E-state index contributed by atoms with van der Waals surface area (Å²) in [4.78, 5) is 14.4. The Morgan fingerprint density at radius 2 is 2.20 bits per heavy atom. The molecule has 1 fully saturated rings. The van der Waals surface area contributed by atoms with E-state index < -0.39 is 0 Å². The van der Waals surface area contributed by atoms with E-state index in [1.807, 2.05) is 37.1 Å². The fraction of sp³-hybridized carbons (Fsp3) is 0.471. The number of carbonyl (C=O) groups is 1. The van der Waals surface area contributed by atoms with Gasteiger partial charge in [-0.05, 0) is 43.9 Å². The zero-order valence-electron chi connectivity index (χ0n) is 12.1. The molecule has 0 aliphatic heterocycles. The van der Waals surface area contributed by atoms with Crippen LogP contribution in [-0.2, 0) is 0 Å². The highest BCUT2D eigenvalue weighted by atomic mass is 16.2. The summed E-state index contributed by atoms with van der Waals surface area (Å²) in [6.07, 6.45) is 3.89. The van der Waals surface area contributed by atoms with Gasteiger partial charge in [0.1, 0.15) is 0 Å². The fourth-order valence-corrected chi connectivity index (χ4v) is 2.28. The van der Waals surface area contributed by atoms with Crippen molar-refractivity contribution in [3.8, 4) is 11.8 Å². The van der Waals surface area contributed by atoms with E-state index >= 15 is 0 Å². The molecule has 0 bridgehead atoms. The van der Waals surface area contributed by atoms with Crippen LogP contribution in [0, 0.1) is 18.8 Å². The second kappa shape index (κ2) is 6.58. The van der Waals surface area contributed by atoms with Gasteiger partial charge in [-0.15, -0.1) is 0 Å². The summed E-state index contributed by atoms with van der Waals surface area (Å²) in [5.74, 6) is 5.95. The predicted octanol–water partition coefficient (Wildman–Crippen LogP) is 2.35. The minimum Gasteiger partial charge on any atom is -0.395 e. The molecule has 1 amide bonds. The molecule has 0 unspecified atom stereocenters. The van der Waals surface area contributed by atoms with Crippen LogP contribution in [0.2, 0.25) is 0 Å². The second-order valence-corrected chi connectivity index (χ2v) is 5.31. The van der Waals surface area contributed by atoms with Gasteiger partial charge in [-0.25, -0.2) is 0 Å². The highest BCUT2D eigenvalue weighted by molar-refractivity contribution is 5.96. The van der Waals surface area contributed by atoms with Crippen molar-refractivity contribution in [2.75, 3.05) is 13.7 Å². The van der Waals surface area contributed by atoms with Gasteiger partial charge in [0, 0.05) is 30.6 Å². The summed E-state index contributed by atoms with van der Waals surface area (Å²) in [6.45, 7) is 2.02. The highest BCUT2D eigenvalue weighted by Gasteiger charge is 2.26. The lowest BCUT2D eigenvalue weighted by molar-refractivity contribution is 0.0651. The first-order valence-corrected chi connectivity index (χ1v) is 7.11. The molecule has 3 nitrogen and oxygen atoms in total. The second-order valence-electron chi connectivity index (χ2n) is 5.31. The third-order valence-electron chi connectivity index (χ3n) is 3.88. The van der Waals surface area contributed by atoms with E-state index in [0.29, 0.717) is 12.5 Å². The number of hydrogen-bond donors (Lipinski definition) is 1. The lowest BCUT2D eigenvalue weighted by Gasteiger charge is -2.35. The average Bonchev–Trinajstić information content (AvgIpc) is 2.38. The van der Waals surface area contributed by atoms with E-state index in [0.717, 1.165) is 29.5 Å². The van der Waals surface area contributed by atoms with E-state index in [2.05, 4.69) is 11.8 Å². The Kier molecular flexibility index (Phi) is 4.81. The van der Waals surface area contributed by atoms with Gasteiger partial charge in [0.2, 0.25) is 0 Å². The van der Waals surface area contributed by atoms with Crippen LogP contribution in [0.1, 0.15) is 47.2 Å². The standard InChI is InChI=1S/C17H21NO2/c1-13-9-10-14(6-3-4-11-19)12-16(13)17(20)18(2)15-7-5-8-15/h9-10,12,15,19H,4-5,7-8,11H2,1-2H3. The molecule has 1 aliphatic carbocycles. The summed E-state index contributed by atoms with van der Waals surface area (Å²) < 4.78 is 0. The van der Waals surface area contributed by atoms with Crippen molar-refractivity contribution in [2.45, 2.75) is 38.6 Å². The number of aliphatic hydroxyl groups excluding tert-OH is 1. The van der Waals surface area contributed by atoms with Crippen molar-refractivity contribution < 1.29 is 9.90 Å². The van der Waals surface area contributed by atoms with Crippen LogP contribution >= 0.6 is 0 Å². The monoisotopic (exact) mass is 271 g/mol. The van der Waals surface area contributed by atoms with Crippen LogP contribution in [-0.4, -0.2) is 35.6 Å². The van der Waals surface area contributed by atoms with Gasteiger partial charge in [-0.3, -0.25) is 4.79 Å². The van der Waals surface area contributed by atoms with E-state index in [1.54, 1.807) is 0 Å². The molecule has 0 saturated heterocycles. The minimum absolute atomic E-state index is 0.0646. The molecule has 1 aromatic rings. The largest absolute Gasteiger partial charge is 0.395 e. The topological polar surface area (TPSA) is 40.5 Å². The van der Waals surface area contributed by atoms with Crippen LogP contribution in [0.15, 0.2) is 18.2 Å². The number of amides is 1. The Morgan fingerprint density at radius 3 is 2.80 bits per heavy atom. The molecule has 1 N–H and O–H groups in total. The molecule has 2 rings (SSSR count). The molecule has 20 heavy (non-hydrogen) atoms. The van der Waals surface area contributed by atoms with Crippen LogP contribution in [0.3, 0.4) is 0 Å². The van der Waals surface area contributed by atoms with E-state index in [4.69, 9.17) is 5.11 Å². The van der Waals surface area contributed by atoms with Crippen molar-refractivity contribution in [3.63, 3.8) is 0 Å². The number of carbonyl (C=O) groups excluding carboxylic acids is 1. The molecular weight excluding hydrogens is 250 g/mol. The van der Waals surface area contributed by atoms with Gasteiger partial charge in [-0.1, -0.05) is 17.9 Å². The summed E-state index contributed by atoms with van der Waals surface area (Å²) >= 11 is 0. The van der Waals surface area contributed by atoms with Gasteiger partial charge >= 0.3 is 0 Å². The maximum Gasteiger partial charge on any atom is 0.254 e. The smallest absolute Gasteiger partial charge is 0.254 e. The van der Waals surface area contributed by atoms with Crippen molar-refractivity contribution >= 4 is 5.91 Å². The minimum atomic E-state index is 0.0646. The van der Waals surface area contributed by atoms with Gasteiger partial charge < -0.3 is 10.0 Å². The molecule has 1 saturated carbocycles. The molecule has 0 aromatic heterocycles. The normalized spacial score (nSPS) is 14.2. The Labute approximate surface area is 120 Å². The molecule has 0 heterocycles. The first kappa shape index (κ1) is 14.6. The van der Waals surface area contributed by atoms with Crippen molar-refractivity contribution in [1.82, 2.24) is 4.90 Å². The van der Waals surface area contributed by atoms with Crippen molar-refractivity contribution in [1.29, 1.82) is 0 Å². The van der Waals surface area contributed by atoms with Crippen LogP contribution in [0.25, 0.3) is 0 Å². The Hall–Kier alpha value is -1.79. The van der Waals surface area contributed by atoms with Crippen molar-refractivity contribution in [3.05, 3.63) is 34.9 Å². The summed E-state index contributed by atoms with van der Waals surface area (Å²) in [5, 5.41) is 8.74. The molecule has 1 aromatic carbocycles. The van der Waals surface area contributed by atoms with E-state index in [9.17, 15) is 4.79 Å². The predicted molar refractivity (Wildman–Crippen MR) is 79.5 cm³/mol. The van der Waals surface area contributed by atoms with Gasteiger partial charge in [0.15, 0.2) is 0 Å². The summed E-state index contributed by atoms with van der Waals surface area (Å²) in [6, 6.07) is 6.10. The molecule has 3 heteroatoms. The van der Waals surface area contributed by atoms with Crippen LogP contribution < -0.4 is 0 Å². The van der Waals surface area contributed by atoms with Crippen LogP contribution in [0.4, 0.5) is 0 Å². The number of rotatable bonds is 3. The third-order valence-corrected chi connectivity index (χ3v) is 3.88. The molecule has 106 valence electrons. The van der Waals surface area contributed by atoms with E-state index in [-0.39, 0.29) is 12.5 Å². The average molecular weight is 271 g/mol. The molecular formula is C17H21NO2. The molecule has 0 atom stereocenters. The quantitative estimate of drug-likeness (QED) is 0.857. The van der Waals surface area contributed by atoms with Gasteiger partial charge in [0.05, 0.1) is 6.61 Å². The van der Waals surface area contributed by atoms with Crippen LogP contribution in [0.5, 0.6) is 0 Å². The Balaban J connectivity index is 2.19. The number of aliphatic hydroxyl groups is 1. The summed E-state index contributed by atoms with van der Waals surface area (Å²) in [5.41, 5.74) is 2.54. The Bertz CT molecular complexity index is 550. The first-order valence-electron chi connectivity index (χ1n) is 7.11. The van der Waals surface area contributed by atoms with Gasteiger partial charge in [-0.2, -0.15) is 0 Å². The maximum atomic E-state index is 12.5. The Morgan fingerprint density at radius 1 is 1.45 bits per heavy atom.